The number of ether oxygens (including phenoxy) is 2. The van der Waals surface area contributed by atoms with Crippen LogP contribution in [0.4, 0.5) is 5.82 Å². The Morgan fingerprint density at radius 1 is 1.09 bits per heavy atom. The van der Waals surface area contributed by atoms with Crippen molar-refractivity contribution in [3.05, 3.63) is 77.1 Å². The van der Waals surface area contributed by atoms with Crippen molar-refractivity contribution >= 4 is 23.3 Å². The quantitative estimate of drug-likeness (QED) is 0.325. The highest BCUT2D eigenvalue weighted by Crippen LogP contribution is 2.42. The Hall–Kier alpha value is -4.07. The Morgan fingerprint density at radius 2 is 1.76 bits per heavy atom. The van der Waals surface area contributed by atoms with E-state index in [1.165, 1.54) is 12.0 Å². The Kier molecular flexibility index (Phi) is 6.17. The molecular formula is C25H24N2O6. The van der Waals surface area contributed by atoms with Gasteiger partial charge in [0, 0.05) is 11.6 Å². The van der Waals surface area contributed by atoms with E-state index in [-0.39, 0.29) is 17.2 Å². The summed E-state index contributed by atoms with van der Waals surface area (Å²) in [5.41, 5.74) is 0.972. The average Bonchev–Trinajstić information content (AvgIpc) is 3.38. The summed E-state index contributed by atoms with van der Waals surface area (Å²) in [7, 11) is 1.54. The topological polar surface area (TPSA) is 102 Å². The lowest BCUT2D eigenvalue weighted by Crippen LogP contribution is -2.29. The van der Waals surface area contributed by atoms with Crippen LogP contribution in [0.3, 0.4) is 0 Å². The van der Waals surface area contributed by atoms with Crippen LogP contribution in [-0.4, -0.2) is 35.7 Å². The van der Waals surface area contributed by atoms with Gasteiger partial charge in [0.25, 0.3) is 5.78 Å². The number of rotatable bonds is 7. The summed E-state index contributed by atoms with van der Waals surface area (Å²) in [5, 5.41) is 15.1. The van der Waals surface area contributed by atoms with E-state index in [1.807, 2.05) is 6.92 Å². The highest BCUT2D eigenvalue weighted by Gasteiger charge is 2.48. The third-order valence-corrected chi connectivity index (χ3v) is 5.34. The third-order valence-electron chi connectivity index (χ3n) is 5.34. The standard InChI is InChI=1S/C25H24N2O6/c1-4-13-32-19-11-5-16(6-12-19)22-21(23(28)17-7-9-18(31-3)10-8-17)24(29)25(30)27(22)20-14-15(2)33-26-20/h5-12,14,22,28H,4,13H2,1-3H3/b23-21+. The van der Waals surface area contributed by atoms with E-state index in [9.17, 15) is 14.7 Å². The number of anilines is 1. The van der Waals surface area contributed by atoms with E-state index < -0.39 is 17.7 Å². The molecule has 0 aliphatic carbocycles. The highest BCUT2D eigenvalue weighted by molar-refractivity contribution is 6.51. The summed E-state index contributed by atoms with van der Waals surface area (Å²) in [4.78, 5) is 27.4. The van der Waals surface area contributed by atoms with Gasteiger partial charge in [-0.15, -0.1) is 0 Å². The summed E-state index contributed by atoms with van der Waals surface area (Å²) in [6.07, 6.45) is 0.870. The van der Waals surface area contributed by atoms with Crippen LogP contribution in [0.15, 0.2) is 64.7 Å². The van der Waals surface area contributed by atoms with E-state index in [4.69, 9.17) is 14.0 Å². The summed E-state index contributed by atoms with van der Waals surface area (Å²) in [5.74, 6) is 0.0723. The van der Waals surface area contributed by atoms with Crippen molar-refractivity contribution in [1.82, 2.24) is 5.16 Å². The van der Waals surface area contributed by atoms with E-state index in [1.54, 1.807) is 61.5 Å². The van der Waals surface area contributed by atoms with Gasteiger partial charge in [-0.25, -0.2) is 0 Å². The molecule has 33 heavy (non-hydrogen) atoms. The van der Waals surface area contributed by atoms with Crippen LogP contribution in [0.1, 0.15) is 36.3 Å². The van der Waals surface area contributed by atoms with Gasteiger partial charge in [-0.2, -0.15) is 0 Å². The maximum Gasteiger partial charge on any atom is 0.301 e. The molecule has 1 aliphatic heterocycles. The Balaban J connectivity index is 1.84. The molecule has 1 amide bonds. The molecule has 1 unspecified atom stereocenters. The highest BCUT2D eigenvalue weighted by atomic mass is 16.5. The number of aryl methyl sites for hydroxylation is 1. The van der Waals surface area contributed by atoms with Crippen LogP contribution in [0.25, 0.3) is 5.76 Å². The van der Waals surface area contributed by atoms with Crippen LogP contribution in [-0.2, 0) is 9.59 Å². The predicted octanol–water partition coefficient (Wildman–Crippen LogP) is 4.41. The second-order valence-electron chi connectivity index (χ2n) is 7.61. The number of nitrogens with zero attached hydrogens (tertiary/aromatic N) is 2. The SMILES string of the molecule is CCCOc1ccc(C2/C(=C(\O)c3ccc(OC)cc3)C(=O)C(=O)N2c2cc(C)on2)cc1. The number of methoxy groups -OCH3 is 1. The Morgan fingerprint density at radius 3 is 2.33 bits per heavy atom. The zero-order valence-corrected chi connectivity index (χ0v) is 18.6. The van der Waals surface area contributed by atoms with Gasteiger partial charge in [-0.3, -0.25) is 14.5 Å². The zero-order valence-electron chi connectivity index (χ0n) is 18.6. The number of hydrogen-bond acceptors (Lipinski definition) is 7. The molecular weight excluding hydrogens is 424 g/mol. The summed E-state index contributed by atoms with van der Waals surface area (Å²) in [6, 6.07) is 14.3. The first-order valence-corrected chi connectivity index (χ1v) is 10.6. The van der Waals surface area contributed by atoms with Gasteiger partial charge in [-0.1, -0.05) is 24.2 Å². The van der Waals surface area contributed by atoms with Crippen LogP contribution >= 0.6 is 0 Å². The van der Waals surface area contributed by atoms with Gasteiger partial charge in [0.15, 0.2) is 5.82 Å². The molecule has 2 heterocycles. The van der Waals surface area contributed by atoms with Crippen LogP contribution in [0.2, 0.25) is 0 Å². The van der Waals surface area contributed by atoms with Crippen molar-refractivity contribution in [2.75, 3.05) is 18.6 Å². The van der Waals surface area contributed by atoms with Gasteiger partial charge >= 0.3 is 5.91 Å². The van der Waals surface area contributed by atoms with Crippen molar-refractivity contribution in [2.24, 2.45) is 0 Å². The second kappa shape index (κ2) is 9.20. The molecule has 1 saturated heterocycles. The molecule has 3 aromatic rings. The van der Waals surface area contributed by atoms with Gasteiger partial charge < -0.3 is 19.1 Å². The number of ketones is 1. The first-order valence-electron chi connectivity index (χ1n) is 10.6. The van der Waals surface area contributed by atoms with Crippen LogP contribution < -0.4 is 14.4 Å². The van der Waals surface area contributed by atoms with E-state index in [2.05, 4.69) is 5.16 Å². The maximum atomic E-state index is 13.1. The first-order chi connectivity index (χ1) is 15.9. The number of hydrogen-bond donors (Lipinski definition) is 1. The molecule has 170 valence electrons. The molecule has 1 fully saturated rings. The largest absolute Gasteiger partial charge is 0.507 e. The van der Waals surface area contributed by atoms with E-state index >= 15 is 0 Å². The lowest BCUT2D eigenvalue weighted by molar-refractivity contribution is -0.132. The minimum absolute atomic E-state index is 0.0342. The Bertz CT molecular complexity index is 1190. The van der Waals surface area contributed by atoms with Crippen LogP contribution in [0, 0.1) is 6.92 Å². The van der Waals surface area contributed by atoms with E-state index in [0.29, 0.717) is 35.0 Å². The summed E-state index contributed by atoms with van der Waals surface area (Å²) >= 11 is 0. The molecule has 0 bridgehead atoms. The molecule has 1 aromatic heterocycles. The molecule has 8 heteroatoms. The summed E-state index contributed by atoms with van der Waals surface area (Å²) < 4.78 is 16.0. The molecule has 0 saturated carbocycles. The molecule has 1 N–H and O–H groups in total. The zero-order chi connectivity index (χ0) is 23.5. The monoisotopic (exact) mass is 448 g/mol. The van der Waals surface area contributed by atoms with Gasteiger partial charge in [0.1, 0.15) is 23.0 Å². The predicted molar refractivity (Wildman–Crippen MR) is 121 cm³/mol. The van der Waals surface area contributed by atoms with Crippen molar-refractivity contribution in [3.63, 3.8) is 0 Å². The number of carbonyl (C=O) groups excluding carboxylic acids is 2. The number of Topliss-reactive ketones (excluding diaryl/α,β-unsaturated/α-hetero) is 1. The lowest BCUT2D eigenvalue weighted by Gasteiger charge is -2.23. The number of aromatic nitrogens is 1. The molecule has 0 spiro atoms. The minimum atomic E-state index is -0.892. The maximum absolute atomic E-state index is 13.1. The molecule has 1 aliphatic rings. The fourth-order valence-electron chi connectivity index (χ4n) is 3.72. The van der Waals surface area contributed by atoms with Crippen molar-refractivity contribution < 1.29 is 28.7 Å². The fourth-order valence-corrected chi connectivity index (χ4v) is 3.72. The van der Waals surface area contributed by atoms with Crippen molar-refractivity contribution in [2.45, 2.75) is 26.3 Å². The van der Waals surface area contributed by atoms with E-state index in [0.717, 1.165) is 6.42 Å². The Labute approximate surface area is 191 Å². The molecule has 2 aromatic carbocycles. The minimum Gasteiger partial charge on any atom is -0.507 e. The van der Waals surface area contributed by atoms with Crippen molar-refractivity contribution in [3.8, 4) is 11.5 Å². The molecule has 0 radical (unpaired) electrons. The number of carbonyl (C=O) groups is 2. The average molecular weight is 448 g/mol. The summed E-state index contributed by atoms with van der Waals surface area (Å²) in [6.45, 7) is 4.29. The smallest absolute Gasteiger partial charge is 0.301 e. The second-order valence-corrected chi connectivity index (χ2v) is 7.61. The fraction of sp³-hybridized carbons (Fsp3) is 0.240. The lowest BCUT2D eigenvalue weighted by atomic mass is 9.95. The molecule has 4 rings (SSSR count). The third kappa shape index (κ3) is 4.19. The van der Waals surface area contributed by atoms with Gasteiger partial charge in [0.2, 0.25) is 0 Å². The van der Waals surface area contributed by atoms with Gasteiger partial charge in [-0.05, 0) is 55.3 Å². The van der Waals surface area contributed by atoms with Crippen molar-refractivity contribution in [1.29, 1.82) is 0 Å². The normalized spacial score (nSPS) is 17.4. The number of amides is 1. The first kappa shape index (κ1) is 22.1. The van der Waals surface area contributed by atoms with Gasteiger partial charge in [0.05, 0.1) is 25.3 Å². The number of benzene rings is 2. The van der Waals surface area contributed by atoms with Crippen LogP contribution in [0.5, 0.6) is 11.5 Å². The molecule has 8 nitrogen and oxygen atoms in total. The number of aliphatic hydroxyl groups excluding tert-OH is 1. The number of aliphatic hydroxyl groups is 1. The molecule has 1 atom stereocenters.